The summed E-state index contributed by atoms with van der Waals surface area (Å²) in [7, 11) is 0. The van der Waals surface area contributed by atoms with Gasteiger partial charge in [0.25, 0.3) is 0 Å². The molecule has 0 aliphatic carbocycles. The Morgan fingerprint density at radius 1 is 1.04 bits per heavy atom. The minimum absolute atomic E-state index is 0.360. The summed E-state index contributed by atoms with van der Waals surface area (Å²) in [5, 5.41) is 1.88. The van der Waals surface area contributed by atoms with Crippen molar-refractivity contribution in [3.8, 4) is 5.75 Å². The van der Waals surface area contributed by atoms with Gasteiger partial charge in [0.2, 0.25) is 0 Å². The van der Waals surface area contributed by atoms with Gasteiger partial charge in [-0.15, -0.1) is 0 Å². The smallest absolute Gasteiger partial charge is 0.168 e. The summed E-state index contributed by atoms with van der Waals surface area (Å²) in [6.07, 6.45) is 2.48. The van der Waals surface area contributed by atoms with Crippen LogP contribution >= 0.6 is 0 Å². The molecule has 2 aromatic heterocycles. The maximum absolute atomic E-state index is 11.3. The first-order valence-corrected chi connectivity index (χ1v) is 10.3. The van der Waals surface area contributed by atoms with Gasteiger partial charge in [-0.25, -0.2) is 4.98 Å². The molecule has 0 saturated carbocycles. The molecule has 1 aromatic carbocycles. The second-order valence-corrected chi connectivity index (χ2v) is 5.58. The Kier molecular flexibility index (Phi) is 10.7. The zero-order chi connectivity index (χ0) is 20.9. The van der Waals surface area contributed by atoms with Crippen molar-refractivity contribution in [3.05, 3.63) is 42.2 Å². The van der Waals surface area contributed by atoms with Crippen LogP contribution in [0.4, 0.5) is 0 Å². The number of benzene rings is 1. The SMILES string of the molecule is CC.CC.CCN(CC)CCOc1cc(C=O)nc2c1ccc1cccnc12. The lowest BCUT2D eigenvalue weighted by Crippen LogP contribution is -2.27. The second-order valence-electron chi connectivity index (χ2n) is 5.58. The third kappa shape index (κ3) is 5.73. The zero-order valence-electron chi connectivity index (χ0n) is 18.0. The van der Waals surface area contributed by atoms with Crippen LogP contribution in [-0.2, 0) is 0 Å². The Morgan fingerprint density at radius 2 is 1.75 bits per heavy atom. The predicted octanol–water partition coefficient (Wildman–Crippen LogP) is 5.37. The largest absolute Gasteiger partial charge is 0.491 e. The number of ether oxygens (including phenoxy) is 1. The molecular weight excluding hydrogens is 350 g/mol. The van der Waals surface area contributed by atoms with Crippen molar-refractivity contribution < 1.29 is 9.53 Å². The van der Waals surface area contributed by atoms with Crippen LogP contribution in [0.2, 0.25) is 0 Å². The third-order valence-corrected chi connectivity index (χ3v) is 4.21. The number of aldehydes is 1. The van der Waals surface area contributed by atoms with Gasteiger partial charge in [0.05, 0.1) is 5.52 Å². The average Bonchev–Trinajstić information content (AvgIpc) is 2.79. The Hall–Kier alpha value is -2.53. The maximum Gasteiger partial charge on any atom is 0.168 e. The molecule has 2 heterocycles. The van der Waals surface area contributed by atoms with E-state index >= 15 is 0 Å². The first kappa shape index (κ1) is 23.5. The second kappa shape index (κ2) is 12.8. The minimum Gasteiger partial charge on any atom is -0.491 e. The van der Waals surface area contributed by atoms with Gasteiger partial charge in [-0.3, -0.25) is 9.78 Å². The summed E-state index contributed by atoms with van der Waals surface area (Å²) in [5.74, 6) is 0.682. The van der Waals surface area contributed by atoms with E-state index in [0.29, 0.717) is 23.6 Å². The molecule has 0 amide bonds. The van der Waals surface area contributed by atoms with Crippen LogP contribution in [0.3, 0.4) is 0 Å². The number of carbonyl (C=O) groups excluding carboxylic acids is 1. The molecular formula is C23H33N3O2. The lowest BCUT2D eigenvalue weighted by molar-refractivity contribution is 0.111. The van der Waals surface area contributed by atoms with Gasteiger partial charge >= 0.3 is 0 Å². The highest BCUT2D eigenvalue weighted by molar-refractivity contribution is 6.05. The molecule has 3 rings (SSSR count). The number of hydrogen-bond acceptors (Lipinski definition) is 5. The van der Waals surface area contributed by atoms with E-state index in [0.717, 1.165) is 42.2 Å². The van der Waals surface area contributed by atoms with Gasteiger partial charge in [0.15, 0.2) is 6.29 Å². The van der Waals surface area contributed by atoms with Crippen molar-refractivity contribution in [1.29, 1.82) is 0 Å². The van der Waals surface area contributed by atoms with E-state index in [9.17, 15) is 4.79 Å². The summed E-state index contributed by atoms with van der Waals surface area (Å²) in [4.78, 5) is 22.4. The van der Waals surface area contributed by atoms with Crippen molar-refractivity contribution in [2.75, 3.05) is 26.2 Å². The molecule has 5 nitrogen and oxygen atoms in total. The average molecular weight is 384 g/mol. The van der Waals surface area contributed by atoms with Crippen molar-refractivity contribution in [2.24, 2.45) is 0 Å². The summed E-state index contributed by atoms with van der Waals surface area (Å²) in [6, 6.07) is 9.56. The molecule has 0 bridgehead atoms. The van der Waals surface area contributed by atoms with Gasteiger partial charge in [0, 0.05) is 29.6 Å². The molecule has 28 heavy (non-hydrogen) atoms. The van der Waals surface area contributed by atoms with E-state index in [2.05, 4.69) is 28.7 Å². The predicted molar refractivity (Wildman–Crippen MR) is 118 cm³/mol. The minimum atomic E-state index is 0.360. The highest BCUT2D eigenvalue weighted by Crippen LogP contribution is 2.29. The normalized spacial score (nSPS) is 10.1. The summed E-state index contributed by atoms with van der Waals surface area (Å²) in [6.45, 7) is 15.7. The van der Waals surface area contributed by atoms with Gasteiger partial charge in [-0.2, -0.15) is 0 Å². The van der Waals surface area contributed by atoms with Crippen molar-refractivity contribution >= 4 is 28.1 Å². The summed E-state index contributed by atoms with van der Waals surface area (Å²) in [5.41, 5.74) is 1.85. The number of rotatable bonds is 7. The Bertz CT molecular complexity index is 861. The number of hydrogen-bond donors (Lipinski definition) is 0. The van der Waals surface area contributed by atoms with E-state index in [1.54, 1.807) is 12.3 Å². The van der Waals surface area contributed by atoms with Gasteiger partial charge in [-0.1, -0.05) is 53.7 Å². The maximum atomic E-state index is 11.3. The number of pyridine rings is 2. The van der Waals surface area contributed by atoms with E-state index in [4.69, 9.17) is 4.74 Å². The molecule has 0 fully saturated rings. The van der Waals surface area contributed by atoms with Crippen molar-refractivity contribution in [1.82, 2.24) is 14.9 Å². The van der Waals surface area contributed by atoms with Crippen LogP contribution < -0.4 is 4.74 Å². The first-order chi connectivity index (χ1) is 13.8. The molecule has 0 N–H and O–H groups in total. The lowest BCUT2D eigenvalue weighted by Gasteiger charge is -2.18. The van der Waals surface area contributed by atoms with Crippen LogP contribution in [0.5, 0.6) is 5.75 Å². The van der Waals surface area contributed by atoms with Crippen LogP contribution in [0, 0.1) is 0 Å². The van der Waals surface area contributed by atoms with Crippen molar-refractivity contribution in [3.63, 3.8) is 0 Å². The standard InChI is InChI=1S/C19H21N3O2.2C2H6/c1-3-22(4-2)10-11-24-17-12-15(13-23)21-19-16(17)8-7-14-6-5-9-20-18(14)19;2*1-2/h5-9,12-13H,3-4,10-11H2,1-2H3;2*1-2H3. The zero-order valence-corrected chi connectivity index (χ0v) is 18.0. The van der Waals surface area contributed by atoms with E-state index in [1.165, 1.54) is 0 Å². The molecule has 0 atom stereocenters. The quantitative estimate of drug-likeness (QED) is 0.405. The van der Waals surface area contributed by atoms with Crippen LogP contribution in [0.15, 0.2) is 36.5 Å². The van der Waals surface area contributed by atoms with Crippen LogP contribution in [-0.4, -0.2) is 47.4 Å². The molecule has 0 saturated heterocycles. The molecule has 3 aromatic rings. The van der Waals surface area contributed by atoms with Gasteiger partial charge in [0.1, 0.15) is 23.6 Å². The fourth-order valence-corrected chi connectivity index (χ4v) is 2.82. The molecule has 0 spiro atoms. The summed E-state index contributed by atoms with van der Waals surface area (Å²) >= 11 is 0. The Balaban J connectivity index is 0.000000921. The summed E-state index contributed by atoms with van der Waals surface area (Å²) < 4.78 is 5.98. The number of carbonyl (C=O) groups is 1. The molecule has 0 unspecified atom stereocenters. The monoisotopic (exact) mass is 383 g/mol. The Labute approximate surface area is 168 Å². The van der Waals surface area contributed by atoms with Gasteiger partial charge < -0.3 is 9.64 Å². The molecule has 0 aliphatic rings. The van der Waals surface area contributed by atoms with Crippen LogP contribution in [0.25, 0.3) is 21.8 Å². The highest BCUT2D eigenvalue weighted by Gasteiger charge is 2.11. The van der Waals surface area contributed by atoms with Gasteiger partial charge in [-0.05, 0) is 25.2 Å². The molecule has 5 heteroatoms. The number of likely N-dealkylation sites (N-methyl/N-ethyl adjacent to an activating group) is 1. The molecule has 0 radical (unpaired) electrons. The third-order valence-electron chi connectivity index (χ3n) is 4.21. The highest BCUT2D eigenvalue weighted by atomic mass is 16.5. The lowest BCUT2D eigenvalue weighted by atomic mass is 10.1. The molecule has 0 aliphatic heterocycles. The number of fused-ring (bicyclic) bond motifs is 3. The van der Waals surface area contributed by atoms with E-state index in [1.807, 2.05) is 52.0 Å². The fraction of sp³-hybridized carbons (Fsp3) is 0.435. The number of nitrogens with zero attached hydrogens (tertiary/aromatic N) is 3. The van der Waals surface area contributed by atoms with Crippen molar-refractivity contribution in [2.45, 2.75) is 41.5 Å². The topological polar surface area (TPSA) is 55.3 Å². The Morgan fingerprint density at radius 3 is 2.39 bits per heavy atom. The fourth-order valence-electron chi connectivity index (χ4n) is 2.82. The first-order valence-electron chi connectivity index (χ1n) is 10.3. The number of aromatic nitrogens is 2. The van der Waals surface area contributed by atoms with E-state index < -0.39 is 0 Å². The molecule has 152 valence electrons. The van der Waals surface area contributed by atoms with E-state index in [-0.39, 0.29) is 0 Å². The van der Waals surface area contributed by atoms with Crippen LogP contribution in [0.1, 0.15) is 52.0 Å².